The third-order valence-corrected chi connectivity index (χ3v) is 8.09. The summed E-state index contributed by atoms with van der Waals surface area (Å²) in [4.78, 5) is 16.5. The van der Waals surface area contributed by atoms with Gasteiger partial charge in [-0.3, -0.25) is 0 Å². The van der Waals surface area contributed by atoms with Gasteiger partial charge in [0.05, 0.1) is 23.3 Å². The van der Waals surface area contributed by atoms with Crippen molar-refractivity contribution in [3.8, 4) is 28.0 Å². The highest BCUT2D eigenvalue weighted by molar-refractivity contribution is 7.90. The van der Waals surface area contributed by atoms with Gasteiger partial charge in [-0.2, -0.15) is 0 Å². The molecule has 13 heteroatoms. The van der Waals surface area contributed by atoms with Crippen LogP contribution in [0.5, 0.6) is 5.75 Å². The largest absolute Gasteiger partial charge is 0.573 e. The lowest BCUT2D eigenvalue weighted by atomic mass is 10.00. The molecule has 3 heterocycles. The zero-order chi connectivity index (χ0) is 29.7. The van der Waals surface area contributed by atoms with Gasteiger partial charge in [-0.25, -0.2) is 22.2 Å². The van der Waals surface area contributed by atoms with E-state index in [1.54, 1.807) is 39.0 Å². The predicted octanol–water partition coefficient (Wildman–Crippen LogP) is 6.21. The molecule has 0 saturated carbocycles. The monoisotopic (exact) mass is 585 g/mol. The smallest absolute Gasteiger partial charge is 0.465 e. The van der Waals surface area contributed by atoms with Crippen LogP contribution in [0.3, 0.4) is 0 Å². The van der Waals surface area contributed by atoms with Gasteiger partial charge in [0, 0.05) is 40.0 Å². The van der Waals surface area contributed by atoms with Gasteiger partial charge in [0.1, 0.15) is 11.5 Å². The molecule has 0 atom stereocenters. The number of aryl methyl sites for hydroxylation is 3. The highest BCUT2D eigenvalue weighted by atomic mass is 32.2. The average molecular weight is 586 g/mol. The molecule has 2 aromatic carbocycles. The Hall–Kier alpha value is -4.65. The van der Waals surface area contributed by atoms with Crippen LogP contribution in [0.15, 0.2) is 70.3 Å². The van der Waals surface area contributed by atoms with Gasteiger partial charge in [-0.1, -0.05) is 22.9 Å². The molecule has 212 valence electrons. The summed E-state index contributed by atoms with van der Waals surface area (Å²) >= 11 is 0. The Morgan fingerprint density at radius 1 is 1.00 bits per heavy atom. The third-order valence-electron chi connectivity index (χ3n) is 6.43. The molecule has 0 saturated heterocycles. The van der Waals surface area contributed by atoms with Crippen molar-refractivity contribution < 1.29 is 40.4 Å². The summed E-state index contributed by atoms with van der Waals surface area (Å²) in [7, 11) is -3.15. The summed E-state index contributed by atoms with van der Waals surface area (Å²) in [5.74, 6) is -1.13. The molecular weight excluding hydrogens is 563 g/mol. The number of benzene rings is 2. The molecule has 0 N–H and O–H groups in total. The SMILES string of the molecule is COC(=O)c1ccc(-c2cn(S(=O)(=O)c3ccc(C)cc3)c3ncc(-c4c(C)noc4C)cc23)c(OC(F)(F)F)c1. The van der Waals surface area contributed by atoms with Gasteiger partial charge in [0.25, 0.3) is 10.0 Å². The van der Waals surface area contributed by atoms with E-state index < -0.39 is 28.1 Å². The molecule has 0 aliphatic carbocycles. The number of methoxy groups -OCH3 is 1. The Bertz CT molecular complexity index is 1890. The number of hydrogen-bond donors (Lipinski definition) is 0. The Kier molecular flexibility index (Phi) is 6.85. The van der Waals surface area contributed by atoms with E-state index in [4.69, 9.17) is 4.52 Å². The summed E-state index contributed by atoms with van der Waals surface area (Å²) in [6.45, 7) is 5.20. The Morgan fingerprint density at radius 3 is 2.32 bits per heavy atom. The topological polar surface area (TPSA) is 114 Å². The molecule has 41 heavy (non-hydrogen) atoms. The number of hydrogen-bond acceptors (Lipinski definition) is 8. The second-order valence-corrected chi connectivity index (χ2v) is 11.0. The molecule has 3 aromatic heterocycles. The predicted molar refractivity (Wildman–Crippen MR) is 142 cm³/mol. The first-order chi connectivity index (χ1) is 19.3. The quantitative estimate of drug-likeness (QED) is 0.216. The molecule has 5 aromatic rings. The summed E-state index contributed by atoms with van der Waals surface area (Å²) in [6.07, 6.45) is -2.50. The molecule has 9 nitrogen and oxygen atoms in total. The first-order valence-corrected chi connectivity index (χ1v) is 13.5. The highest BCUT2D eigenvalue weighted by Gasteiger charge is 2.34. The van der Waals surface area contributed by atoms with Crippen LogP contribution in [-0.2, 0) is 14.8 Å². The van der Waals surface area contributed by atoms with Crippen molar-refractivity contribution in [2.45, 2.75) is 32.0 Å². The molecule has 5 rings (SSSR count). The summed E-state index contributed by atoms with van der Waals surface area (Å²) in [5, 5.41) is 4.15. The number of carbonyl (C=O) groups is 1. The fourth-order valence-electron chi connectivity index (χ4n) is 4.53. The number of nitrogens with zero attached hydrogens (tertiary/aromatic N) is 3. The zero-order valence-electron chi connectivity index (χ0n) is 22.1. The minimum absolute atomic E-state index is 0.0360. The van der Waals surface area contributed by atoms with Crippen molar-refractivity contribution >= 4 is 27.0 Å². The number of pyridine rings is 1. The Balaban J connectivity index is 1.83. The minimum atomic E-state index is -5.12. The number of ether oxygens (including phenoxy) is 2. The van der Waals surface area contributed by atoms with Crippen molar-refractivity contribution in [1.82, 2.24) is 14.1 Å². The maximum Gasteiger partial charge on any atom is 0.573 e. The van der Waals surface area contributed by atoms with Gasteiger partial charge in [-0.15, -0.1) is 13.2 Å². The molecule has 0 spiro atoms. The normalized spacial score (nSPS) is 12.1. The van der Waals surface area contributed by atoms with E-state index in [1.807, 2.05) is 0 Å². The second kappa shape index (κ2) is 10.1. The van der Waals surface area contributed by atoms with Gasteiger partial charge in [0.2, 0.25) is 0 Å². The van der Waals surface area contributed by atoms with E-state index in [-0.39, 0.29) is 32.6 Å². The van der Waals surface area contributed by atoms with Crippen LogP contribution in [0.1, 0.15) is 27.4 Å². The van der Waals surface area contributed by atoms with Crippen LogP contribution in [0.2, 0.25) is 0 Å². The zero-order valence-corrected chi connectivity index (χ0v) is 22.9. The van der Waals surface area contributed by atoms with Crippen LogP contribution in [0.4, 0.5) is 13.2 Å². The number of halogens is 3. The maximum atomic E-state index is 13.7. The lowest BCUT2D eigenvalue weighted by Crippen LogP contribution is -2.18. The standard InChI is InChI=1S/C28H22F3N3O6S/c1-15-5-8-20(9-6-15)41(36,37)34-14-23(21-10-7-18(27(35)38-4)12-24(21)39-28(29,30)31)22-11-19(13-32-26(22)34)25-16(2)33-40-17(25)3/h5-14H,1-4H3. The Labute approximate surface area is 232 Å². The van der Waals surface area contributed by atoms with E-state index in [2.05, 4.69) is 19.6 Å². The first-order valence-electron chi connectivity index (χ1n) is 12.0. The van der Waals surface area contributed by atoms with Crippen LogP contribution < -0.4 is 4.74 Å². The van der Waals surface area contributed by atoms with Crippen LogP contribution in [-0.4, -0.2) is 42.0 Å². The summed E-state index contributed by atoms with van der Waals surface area (Å²) in [5.41, 5.74) is 2.19. The number of alkyl halides is 3. The molecule has 0 bridgehead atoms. The van der Waals surface area contributed by atoms with Crippen LogP contribution in [0.25, 0.3) is 33.3 Å². The van der Waals surface area contributed by atoms with Crippen molar-refractivity contribution in [1.29, 1.82) is 0 Å². The van der Waals surface area contributed by atoms with Crippen LogP contribution >= 0.6 is 0 Å². The van der Waals surface area contributed by atoms with Crippen molar-refractivity contribution in [2.24, 2.45) is 0 Å². The van der Waals surface area contributed by atoms with E-state index in [1.165, 1.54) is 36.7 Å². The van der Waals surface area contributed by atoms with E-state index in [0.717, 1.165) is 22.7 Å². The van der Waals surface area contributed by atoms with Crippen molar-refractivity contribution in [2.75, 3.05) is 7.11 Å². The van der Waals surface area contributed by atoms with Gasteiger partial charge in [0.15, 0.2) is 5.65 Å². The molecule has 0 amide bonds. The fourth-order valence-corrected chi connectivity index (χ4v) is 5.86. The lowest BCUT2D eigenvalue weighted by molar-refractivity contribution is -0.274. The Morgan fingerprint density at radius 2 is 1.71 bits per heavy atom. The first kappa shape index (κ1) is 27.9. The lowest BCUT2D eigenvalue weighted by Gasteiger charge is -2.14. The van der Waals surface area contributed by atoms with Crippen molar-refractivity contribution in [3.05, 3.63) is 83.5 Å². The number of aromatic nitrogens is 3. The van der Waals surface area contributed by atoms with E-state index in [0.29, 0.717) is 22.6 Å². The molecule has 0 fully saturated rings. The summed E-state index contributed by atoms with van der Waals surface area (Å²) in [6, 6.07) is 11.1. The van der Waals surface area contributed by atoms with Gasteiger partial charge >= 0.3 is 12.3 Å². The molecule has 0 aliphatic rings. The number of fused-ring (bicyclic) bond motifs is 1. The molecule has 0 radical (unpaired) electrons. The van der Waals surface area contributed by atoms with Gasteiger partial charge in [-0.05, 0) is 57.2 Å². The molecular formula is C28H22F3N3O6S. The number of rotatable bonds is 6. The minimum Gasteiger partial charge on any atom is -0.465 e. The van der Waals surface area contributed by atoms with Crippen molar-refractivity contribution in [3.63, 3.8) is 0 Å². The van der Waals surface area contributed by atoms with E-state index in [9.17, 15) is 26.4 Å². The molecule has 0 unspecified atom stereocenters. The maximum absolute atomic E-state index is 13.7. The van der Waals surface area contributed by atoms with E-state index >= 15 is 0 Å². The fraction of sp³-hybridized carbons (Fsp3) is 0.179. The average Bonchev–Trinajstić information content (AvgIpc) is 3.46. The highest BCUT2D eigenvalue weighted by Crippen LogP contribution is 2.41. The third kappa shape index (κ3) is 5.15. The number of carbonyl (C=O) groups excluding carboxylic acids is 1. The molecule has 0 aliphatic heterocycles. The van der Waals surface area contributed by atoms with Gasteiger partial charge < -0.3 is 14.0 Å². The summed E-state index contributed by atoms with van der Waals surface area (Å²) < 4.78 is 83.0. The second-order valence-electron chi connectivity index (χ2n) is 9.20. The van der Waals surface area contributed by atoms with Crippen LogP contribution in [0, 0.1) is 20.8 Å². The number of esters is 1.